The van der Waals surface area contributed by atoms with E-state index < -0.39 is 0 Å². The largest absolute Gasteiger partial charge is 0.317 e. The van der Waals surface area contributed by atoms with Crippen LogP contribution in [0.2, 0.25) is 15.9 Å². The van der Waals surface area contributed by atoms with Crippen molar-refractivity contribution in [3.8, 4) is 0 Å². The summed E-state index contributed by atoms with van der Waals surface area (Å²) in [4.78, 5) is 10.4. The van der Waals surface area contributed by atoms with Crippen LogP contribution in [0.1, 0.15) is 47.0 Å². The summed E-state index contributed by atoms with van der Waals surface area (Å²) in [6.45, 7) is 6.86. The molecule has 0 saturated heterocycles. The maximum atomic E-state index is 5.32. The van der Waals surface area contributed by atoms with Crippen LogP contribution in [0.15, 0.2) is 0 Å². The van der Waals surface area contributed by atoms with E-state index in [1.165, 1.54) is 38.8 Å². The minimum atomic E-state index is 0. The lowest BCUT2D eigenvalue weighted by Gasteiger charge is -1.99. The second kappa shape index (κ2) is 14.3. The molecule has 1 heterocycles. The number of unbranched alkanes of at least 4 members (excludes halogenated alkanes) is 2. The van der Waals surface area contributed by atoms with Gasteiger partial charge in [-0.05, 0) is 60.7 Å². The summed E-state index contributed by atoms with van der Waals surface area (Å²) >= 11 is 16.0. The molecule has 0 radical (unpaired) electrons. The van der Waals surface area contributed by atoms with Gasteiger partial charge in [-0.3, -0.25) is 0 Å². The van der Waals surface area contributed by atoms with Crippen molar-refractivity contribution in [2.24, 2.45) is 0 Å². The highest BCUT2D eigenvalue weighted by atomic mass is 35.5. The average Bonchev–Trinajstić information content (AvgIpc) is 2.28. The first-order valence-corrected chi connectivity index (χ1v) is 7.16. The molecule has 0 atom stereocenters. The van der Waals surface area contributed by atoms with E-state index in [0.717, 1.165) is 0 Å². The number of aromatic nitrogens is 3. The molecule has 7 heteroatoms. The van der Waals surface area contributed by atoms with Crippen molar-refractivity contribution in [2.75, 3.05) is 13.1 Å². The van der Waals surface area contributed by atoms with Crippen LogP contribution in [-0.2, 0) is 0 Å². The molecular weight excluding hydrogens is 307 g/mol. The van der Waals surface area contributed by atoms with E-state index in [2.05, 4.69) is 34.1 Å². The topological polar surface area (TPSA) is 50.7 Å². The molecule has 0 spiro atoms. The first-order valence-electron chi connectivity index (χ1n) is 6.03. The molecule has 0 aliphatic rings. The number of halogens is 3. The van der Waals surface area contributed by atoms with Gasteiger partial charge in [0.05, 0.1) is 0 Å². The van der Waals surface area contributed by atoms with Crippen molar-refractivity contribution in [3.63, 3.8) is 0 Å². The van der Waals surface area contributed by atoms with Crippen molar-refractivity contribution in [2.45, 2.75) is 47.0 Å². The molecule has 1 aromatic heterocycles. The Morgan fingerprint density at radius 1 is 0.789 bits per heavy atom. The summed E-state index contributed by atoms with van der Waals surface area (Å²) in [5.74, 6) is 0. The van der Waals surface area contributed by atoms with Crippen LogP contribution in [0.3, 0.4) is 0 Å². The number of nitrogens with one attached hydrogen (secondary N) is 1. The van der Waals surface area contributed by atoms with Crippen molar-refractivity contribution < 1.29 is 0 Å². The van der Waals surface area contributed by atoms with Crippen LogP contribution >= 0.6 is 34.8 Å². The summed E-state index contributed by atoms with van der Waals surface area (Å²) < 4.78 is 0. The number of hydrogen-bond acceptors (Lipinski definition) is 4. The lowest BCUT2D eigenvalue weighted by molar-refractivity contribution is 0.611. The summed E-state index contributed by atoms with van der Waals surface area (Å²) in [6, 6.07) is 0. The molecule has 1 aromatic rings. The van der Waals surface area contributed by atoms with Gasteiger partial charge in [0, 0.05) is 0 Å². The van der Waals surface area contributed by atoms with Crippen molar-refractivity contribution in [1.82, 2.24) is 20.3 Å². The van der Waals surface area contributed by atoms with Crippen molar-refractivity contribution in [3.05, 3.63) is 15.9 Å². The van der Waals surface area contributed by atoms with Crippen LogP contribution < -0.4 is 5.32 Å². The van der Waals surface area contributed by atoms with E-state index in [-0.39, 0.29) is 23.3 Å². The third-order valence-electron chi connectivity index (χ3n) is 1.97. The van der Waals surface area contributed by atoms with Gasteiger partial charge in [0.15, 0.2) is 0 Å². The molecule has 0 aliphatic heterocycles. The Kier molecular flexibility index (Phi) is 15.9. The highest BCUT2D eigenvalue weighted by molar-refractivity contribution is 6.33. The summed E-state index contributed by atoms with van der Waals surface area (Å²) in [5, 5.41) is 3.39. The average molecular weight is 330 g/mol. The lowest BCUT2D eigenvalue weighted by Crippen LogP contribution is -2.15. The fraction of sp³-hybridized carbons (Fsp3) is 0.750. The molecule has 0 amide bonds. The third kappa shape index (κ3) is 14.1. The summed E-state index contributed by atoms with van der Waals surface area (Å²) in [7, 11) is 0. The molecule has 0 saturated carbocycles. The zero-order valence-corrected chi connectivity index (χ0v) is 13.0. The van der Waals surface area contributed by atoms with E-state index in [1.54, 1.807) is 0 Å². The van der Waals surface area contributed by atoms with Gasteiger partial charge in [0.25, 0.3) is 0 Å². The van der Waals surface area contributed by atoms with Gasteiger partial charge in [0.1, 0.15) is 0 Å². The van der Waals surface area contributed by atoms with E-state index in [4.69, 9.17) is 34.8 Å². The monoisotopic (exact) mass is 328 g/mol. The van der Waals surface area contributed by atoms with Gasteiger partial charge < -0.3 is 5.32 Å². The molecule has 0 fully saturated rings. The first-order chi connectivity index (χ1) is 8.60. The Hall–Kier alpha value is -0.160. The summed E-state index contributed by atoms with van der Waals surface area (Å²) in [5.41, 5.74) is 0. The highest BCUT2D eigenvalue weighted by Crippen LogP contribution is 2.08. The van der Waals surface area contributed by atoms with Crippen LogP contribution in [0.5, 0.6) is 0 Å². The van der Waals surface area contributed by atoms with Gasteiger partial charge in [-0.15, -0.1) is 0 Å². The maximum absolute atomic E-state index is 5.32. The summed E-state index contributed by atoms with van der Waals surface area (Å²) in [6.07, 6.45) is 5.26. The highest BCUT2D eigenvalue weighted by Gasteiger charge is 1.97. The molecule has 19 heavy (non-hydrogen) atoms. The number of rotatable bonds is 6. The van der Waals surface area contributed by atoms with Gasteiger partial charge in [0.2, 0.25) is 15.9 Å². The Labute approximate surface area is 131 Å². The van der Waals surface area contributed by atoms with E-state index >= 15 is 0 Å². The molecule has 0 aliphatic carbocycles. The number of nitrogens with zero attached hydrogens (tertiary/aromatic N) is 3. The van der Waals surface area contributed by atoms with Gasteiger partial charge >= 0.3 is 0 Å². The Balaban J connectivity index is 0. The second-order valence-electron chi connectivity index (χ2n) is 3.60. The molecule has 0 bridgehead atoms. The predicted molar refractivity (Wildman–Crippen MR) is 84.3 cm³/mol. The quantitative estimate of drug-likeness (QED) is 0.772. The molecule has 0 unspecified atom stereocenters. The maximum Gasteiger partial charge on any atom is 0.227 e. The Bertz CT molecular complexity index is 267. The van der Waals surface area contributed by atoms with Gasteiger partial charge in [-0.2, -0.15) is 15.0 Å². The van der Waals surface area contributed by atoms with Gasteiger partial charge in [-0.1, -0.05) is 34.1 Å². The van der Waals surface area contributed by atoms with Crippen LogP contribution in [0.4, 0.5) is 0 Å². The Morgan fingerprint density at radius 2 is 1.11 bits per heavy atom. The van der Waals surface area contributed by atoms with E-state index in [9.17, 15) is 0 Å². The minimum absolute atomic E-state index is 0. The SMILES string of the molecule is C.CCCCNCCCC.Clc1nc(Cl)nc(Cl)n1. The molecule has 4 nitrogen and oxygen atoms in total. The Morgan fingerprint density at radius 3 is 1.37 bits per heavy atom. The van der Waals surface area contributed by atoms with Crippen molar-refractivity contribution >= 4 is 34.8 Å². The van der Waals surface area contributed by atoms with E-state index in [1.807, 2.05) is 0 Å². The van der Waals surface area contributed by atoms with Gasteiger partial charge in [-0.25, -0.2) is 0 Å². The molecule has 1 N–H and O–H groups in total. The molecule has 1 rings (SSSR count). The lowest BCUT2D eigenvalue weighted by atomic mass is 10.3. The number of hydrogen-bond donors (Lipinski definition) is 1. The zero-order valence-electron chi connectivity index (χ0n) is 10.7. The third-order valence-corrected chi connectivity index (χ3v) is 2.47. The van der Waals surface area contributed by atoms with Crippen LogP contribution in [0.25, 0.3) is 0 Å². The van der Waals surface area contributed by atoms with Crippen LogP contribution in [-0.4, -0.2) is 28.0 Å². The molecule has 0 aromatic carbocycles. The fourth-order valence-corrected chi connectivity index (χ4v) is 1.64. The zero-order chi connectivity index (χ0) is 13.8. The predicted octanol–water partition coefficient (Wildman–Crippen LogP) is 4.64. The smallest absolute Gasteiger partial charge is 0.227 e. The standard InChI is InChI=1S/C8H19N.C3Cl3N3.CH4/c1-3-5-7-9-8-6-4-2;4-1-7-2(5)9-3(6)8-1;/h9H,3-8H2,1-2H3;;1H4. The molecular formula is C12H23Cl3N4. The fourth-order valence-electron chi connectivity index (χ4n) is 1.03. The van der Waals surface area contributed by atoms with E-state index in [0.29, 0.717) is 0 Å². The molecule has 112 valence electrons. The van der Waals surface area contributed by atoms with Crippen LogP contribution in [0, 0.1) is 0 Å². The minimum Gasteiger partial charge on any atom is -0.317 e. The second-order valence-corrected chi connectivity index (χ2v) is 4.61. The normalized spacial score (nSPS) is 9.32. The van der Waals surface area contributed by atoms with Crippen molar-refractivity contribution in [1.29, 1.82) is 0 Å². The first kappa shape index (κ1) is 21.1.